The maximum atomic E-state index is 12.4. The highest BCUT2D eigenvalue weighted by Gasteiger charge is 2.19. The van der Waals surface area contributed by atoms with Crippen LogP contribution in [0.1, 0.15) is 26.5 Å². The molecule has 10 nitrogen and oxygen atoms in total. The highest BCUT2D eigenvalue weighted by Crippen LogP contribution is 2.25. The Kier molecular flexibility index (Phi) is 6.38. The highest BCUT2D eigenvalue weighted by molar-refractivity contribution is 6.03. The summed E-state index contributed by atoms with van der Waals surface area (Å²) in [5.41, 5.74) is 6.54. The van der Waals surface area contributed by atoms with Crippen LogP contribution in [0.15, 0.2) is 48.5 Å². The van der Waals surface area contributed by atoms with Gasteiger partial charge in [0.2, 0.25) is 11.9 Å². The second-order valence-electron chi connectivity index (χ2n) is 5.87. The predicted molar refractivity (Wildman–Crippen MR) is 107 cm³/mol. The first kappa shape index (κ1) is 20.5. The SMILES string of the molecule is COC(=O)c1ccccc1C(=O)OCc1nc(N)nc(Nc2ccccc2OC)n1. The van der Waals surface area contributed by atoms with Crippen molar-refractivity contribution in [3.63, 3.8) is 0 Å². The van der Waals surface area contributed by atoms with E-state index >= 15 is 0 Å². The summed E-state index contributed by atoms with van der Waals surface area (Å²) in [4.78, 5) is 36.5. The van der Waals surface area contributed by atoms with E-state index in [9.17, 15) is 9.59 Å². The lowest BCUT2D eigenvalue weighted by Crippen LogP contribution is -2.14. The van der Waals surface area contributed by atoms with Gasteiger partial charge in [0, 0.05) is 0 Å². The molecule has 0 aliphatic heterocycles. The molecular weight excluding hydrogens is 390 g/mol. The van der Waals surface area contributed by atoms with Gasteiger partial charge in [-0.05, 0) is 24.3 Å². The molecule has 0 bridgehead atoms. The molecule has 0 aliphatic rings. The van der Waals surface area contributed by atoms with E-state index in [1.807, 2.05) is 12.1 Å². The molecule has 2 aromatic carbocycles. The molecule has 0 amide bonds. The van der Waals surface area contributed by atoms with Crippen LogP contribution in [0.3, 0.4) is 0 Å². The minimum atomic E-state index is -0.728. The van der Waals surface area contributed by atoms with Crippen molar-refractivity contribution >= 4 is 29.5 Å². The van der Waals surface area contributed by atoms with E-state index in [4.69, 9.17) is 15.2 Å². The van der Waals surface area contributed by atoms with E-state index in [-0.39, 0.29) is 35.5 Å². The number of hydrogen-bond donors (Lipinski definition) is 2. The zero-order valence-corrected chi connectivity index (χ0v) is 16.3. The van der Waals surface area contributed by atoms with E-state index in [0.29, 0.717) is 11.4 Å². The maximum Gasteiger partial charge on any atom is 0.339 e. The lowest BCUT2D eigenvalue weighted by atomic mass is 10.1. The Morgan fingerprint density at radius 1 is 0.933 bits per heavy atom. The first-order valence-corrected chi connectivity index (χ1v) is 8.76. The van der Waals surface area contributed by atoms with Crippen molar-refractivity contribution in [3.8, 4) is 5.75 Å². The molecule has 0 atom stereocenters. The van der Waals surface area contributed by atoms with Crippen LogP contribution in [0.2, 0.25) is 0 Å². The third-order valence-electron chi connectivity index (χ3n) is 3.94. The number of carbonyl (C=O) groups excluding carboxylic acids is 2. The van der Waals surface area contributed by atoms with E-state index < -0.39 is 11.9 Å². The molecule has 0 unspecified atom stereocenters. The van der Waals surface area contributed by atoms with Crippen molar-refractivity contribution < 1.29 is 23.8 Å². The molecule has 30 heavy (non-hydrogen) atoms. The molecule has 0 fully saturated rings. The number of para-hydroxylation sites is 2. The minimum absolute atomic E-state index is 0.0524. The fourth-order valence-electron chi connectivity index (χ4n) is 2.58. The topological polar surface area (TPSA) is 139 Å². The number of nitrogens with one attached hydrogen (secondary N) is 1. The molecule has 1 aromatic heterocycles. The molecule has 3 rings (SSSR count). The van der Waals surface area contributed by atoms with Crippen molar-refractivity contribution in [2.24, 2.45) is 0 Å². The van der Waals surface area contributed by atoms with Crippen LogP contribution in [0, 0.1) is 0 Å². The molecule has 3 aromatic rings. The number of ether oxygens (including phenoxy) is 3. The lowest BCUT2D eigenvalue weighted by molar-refractivity contribution is 0.0448. The van der Waals surface area contributed by atoms with Crippen LogP contribution >= 0.6 is 0 Å². The van der Waals surface area contributed by atoms with E-state index in [0.717, 1.165) is 0 Å². The van der Waals surface area contributed by atoms with Gasteiger partial charge in [-0.25, -0.2) is 9.59 Å². The largest absolute Gasteiger partial charge is 0.495 e. The summed E-state index contributed by atoms with van der Waals surface area (Å²) >= 11 is 0. The number of rotatable bonds is 7. The second kappa shape index (κ2) is 9.32. The number of aromatic nitrogens is 3. The van der Waals surface area contributed by atoms with Crippen LogP contribution in [0.5, 0.6) is 5.75 Å². The predicted octanol–water partition coefficient (Wildman–Crippen LogP) is 2.35. The summed E-state index contributed by atoms with van der Waals surface area (Å²) in [5.74, 6) is -0.548. The fraction of sp³-hybridized carbons (Fsp3) is 0.150. The van der Waals surface area contributed by atoms with Crippen LogP contribution in [0.4, 0.5) is 17.6 Å². The average molecular weight is 409 g/mol. The molecule has 154 valence electrons. The summed E-state index contributed by atoms with van der Waals surface area (Å²) in [7, 11) is 2.77. The normalized spacial score (nSPS) is 10.2. The van der Waals surface area contributed by atoms with Gasteiger partial charge < -0.3 is 25.3 Å². The van der Waals surface area contributed by atoms with Crippen molar-refractivity contribution in [2.45, 2.75) is 6.61 Å². The number of nitrogens with two attached hydrogens (primary N) is 1. The number of anilines is 3. The summed E-state index contributed by atoms with van der Waals surface area (Å²) in [6, 6.07) is 13.4. The van der Waals surface area contributed by atoms with Gasteiger partial charge in [0.05, 0.1) is 31.0 Å². The third-order valence-corrected chi connectivity index (χ3v) is 3.94. The Morgan fingerprint density at radius 3 is 2.30 bits per heavy atom. The first-order valence-electron chi connectivity index (χ1n) is 8.76. The third kappa shape index (κ3) is 4.79. The van der Waals surface area contributed by atoms with E-state index in [1.165, 1.54) is 19.2 Å². The van der Waals surface area contributed by atoms with Crippen molar-refractivity contribution in [3.05, 3.63) is 65.5 Å². The number of nitrogen functional groups attached to an aromatic ring is 1. The van der Waals surface area contributed by atoms with Gasteiger partial charge in [-0.1, -0.05) is 24.3 Å². The number of esters is 2. The van der Waals surface area contributed by atoms with Crippen LogP contribution in [-0.2, 0) is 16.1 Å². The molecule has 0 radical (unpaired) electrons. The number of nitrogens with zero attached hydrogens (tertiary/aromatic N) is 3. The molecule has 3 N–H and O–H groups in total. The van der Waals surface area contributed by atoms with E-state index in [1.54, 1.807) is 31.4 Å². The van der Waals surface area contributed by atoms with Gasteiger partial charge in [-0.15, -0.1) is 0 Å². The van der Waals surface area contributed by atoms with Crippen LogP contribution < -0.4 is 15.8 Å². The Morgan fingerprint density at radius 2 is 1.60 bits per heavy atom. The van der Waals surface area contributed by atoms with Crippen molar-refractivity contribution in [1.82, 2.24) is 15.0 Å². The molecule has 0 spiro atoms. The smallest absolute Gasteiger partial charge is 0.339 e. The minimum Gasteiger partial charge on any atom is -0.495 e. The maximum absolute atomic E-state index is 12.4. The Balaban J connectivity index is 1.75. The molecule has 1 heterocycles. The monoisotopic (exact) mass is 409 g/mol. The number of methoxy groups -OCH3 is 2. The van der Waals surface area contributed by atoms with E-state index in [2.05, 4.69) is 25.0 Å². The van der Waals surface area contributed by atoms with Crippen LogP contribution in [0.25, 0.3) is 0 Å². The van der Waals surface area contributed by atoms with Gasteiger partial charge in [0.1, 0.15) is 5.75 Å². The summed E-state index contributed by atoms with van der Waals surface area (Å²) in [6.45, 7) is -0.276. The summed E-state index contributed by atoms with van der Waals surface area (Å²) < 4.78 is 15.2. The Labute approximate surface area is 172 Å². The Bertz CT molecular complexity index is 1070. The average Bonchev–Trinajstić information content (AvgIpc) is 2.77. The fourth-order valence-corrected chi connectivity index (χ4v) is 2.58. The molecule has 0 saturated heterocycles. The van der Waals surface area contributed by atoms with Gasteiger partial charge in [-0.2, -0.15) is 15.0 Å². The molecule has 10 heteroatoms. The number of carbonyl (C=O) groups is 2. The number of benzene rings is 2. The quantitative estimate of drug-likeness (QED) is 0.559. The second-order valence-corrected chi connectivity index (χ2v) is 5.87. The zero-order valence-electron chi connectivity index (χ0n) is 16.3. The van der Waals surface area contributed by atoms with Crippen molar-refractivity contribution in [1.29, 1.82) is 0 Å². The van der Waals surface area contributed by atoms with Gasteiger partial charge in [0.15, 0.2) is 12.4 Å². The summed E-state index contributed by atoms with van der Waals surface area (Å²) in [6.07, 6.45) is 0. The summed E-state index contributed by atoms with van der Waals surface area (Å²) in [5, 5.41) is 2.99. The number of hydrogen-bond acceptors (Lipinski definition) is 10. The Hall–Kier alpha value is -4.21. The highest BCUT2D eigenvalue weighted by atomic mass is 16.5. The molecule has 0 saturated carbocycles. The van der Waals surface area contributed by atoms with Gasteiger partial charge in [0.25, 0.3) is 0 Å². The molecule has 0 aliphatic carbocycles. The molecular formula is C20H19N5O5. The van der Waals surface area contributed by atoms with Gasteiger partial charge in [-0.3, -0.25) is 0 Å². The zero-order chi connectivity index (χ0) is 21.5. The lowest BCUT2D eigenvalue weighted by Gasteiger charge is -2.11. The van der Waals surface area contributed by atoms with Gasteiger partial charge >= 0.3 is 11.9 Å². The van der Waals surface area contributed by atoms with Crippen molar-refractivity contribution in [2.75, 3.05) is 25.3 Å². The van der Waals surface area contributed by atoms with Crippen LogP contribution in [-0.4, -0.2) is 41.1 Å². The standard InChI is InChI=1S/C20H19N5O5/c1-28-15-10-6-5-9-14(15)22-20-24-16(23-19(21)25-20)11-30-18(27)13-8-4-3-7-12(13)17(26)29-2/h3-10H,11H2,1-2H3,(H3,21,22,23,24,25). The first-order chi connectivity index (χ1) is 14.5.